The van der Waals surface area contributed by atoms with Crippen LogP contribution in [0, 0.1) is 0 Å². The Hall–Kier alpha value is -2.58. The quantitative estimate of drug-likeness (QED) is 0.275. The minimum absolute atomic E-state index is 0.343. The van der Waals surface area contributed by atoms with Gasteiger partial charge < -0.3 is 9.47 Å². The summed E-state index contributed by atoms with van der Waals surface area (Å²) in [7, 11) is 0. The second kappa shape index (κ2) is 41.9. The number of hydrogen-bond acceptors (Lipinski definition) is 2. The van der Waals surface area contributed by atoms with Gasteiger partial charge in [-0.15, -0.1) is 0 Å². The lowest BCUT2D eigenvalue weighted by atomic mass is 10.0. The van der Waals surface area contributed by atoms with Gasteiger partial charge in [-0.25, -0.2) is 0 Å². The zero-order valence-corrected chi connectivity index (χ0v) is 30.2. The number of aryl methyl sites for hydroxylation is 2. The summed E-state index contributed by atoms with van der Waals surface area (Å²) in [5.41, 5.74) is 5.41. The molecule has 1 aliphatic rings. The van der Waals surface area contributed by atoms with Gasteiger partial charge in [0.1, 0.15) is 18.5 Å². The minimum Gasteiger partial charge on any atom is -0.491 e. The molecule has 238 valence electrons. The maximum atomic E-state index is 5.40. The van der Waals surface area contributed by atoms with Crippen LogP contribution in [0.25, 0.3) is 11.1 Å². The first-order valence-electron chi connectivity index (χ1n) is 16.8. The lowest BCUT2D eigenvalue weighted by Crippen LogP contribution is -2.03. The summed E-state index contributed by atoms with van der Waals surface area (Å²) >= 11 is 0. The van der Waals surface area contributed by atoms with E-state index in [-0.39, 0.29) is 0 Å². The molecule has 0 N–H and O–H groups in total. The van der Waals surface area contributed by atoms with Crippen LogP contribution in [0.2, 0.25) is 0 Å². The van der Waals surface area contributed by atoms with Crippen LogP contribution >= 0.6 is 0 Å². The van der Waals surface area contributed by atoms with Crippen molar-refractivity contribution < 1.29 is 9.47 Å². The summed E-state index contributed by atoms with van der Waals surface area (Å²) in [6, 6.07) is 27.5. The van der Waals surface area contributed by atoms with Crippen molar-refractivity contribution in [3.63, 3.8) is 0 Å². The SMILES string of the molecule is CC.CC.CC.CC.CC.CC.CC.CCc1ccc(-c2ccc(CC)cc2)cc1.c1ccc(OCC2CO2)cc1. The molecular weight excluding hydrogens is 500 g/mol. The molecule has 1 atom stereocenters. The minimum atomic E-state index is 0.343. The molecule has 0 saturated carbocycles. The van der Waals surface area contributed by atoms with E-state index >= 15 is 0 Å². The van der Waals surface area contributed by atoms with Gasteiger partial charge in [0, 0.05) is 0 Å². The lowest BCUT2D eigenvalue weighted by molar-refractivity contribution is 0.263. The first-order valence-corrected chi connectivity index (χ1v) is 16.8. The van der Waals surface area contributed by atoms with E-state index in [1.807, 2.05) is 127 Å². The van der Waals surface area contributed by atoms with Crippen LogP contribution in [0.5, 0.6) is 5.75 Å². The molecular formula is C39H70O2. The van der Waals surface area contributed by atoms with E-state index in [0.717, 1.165) is 25.2 Å². The van der Waals surface area contributed by atoms with Crippen LogP contribution in [-0.2, 0) is 17.6 Å². The van der Waals surface area contributed by atoms with Crippen molar-refractivity contribution in [2.24, 2.45) is 0 Å². The second-order valence-corrected chi connectivity index (χ2v) is 6.68. The summed E-state index contributed by atoms with van der Waals surface area (Å²) < 4.78 is 10.4. The van der Waals surface area contributed by atoms with Crippen LogP contribution in [0.4, 0.5) is 0 Å². The Morgan fingerprint density at radius 3 is 1.10 bits per heavy atom. The Kier molecular flexibility index (Phi) is 49.2. The fraction of sp³-hybridized carbons (Fsp3) is 0.538. The topological polar surface area (TPSA) is 21.8 Å². The van der Waals surface area contributed by atoms with E-state index in [2.05, 4.69) is 62.4 Å². The summed E-state index contributed by atoms with van der Waals surface area (Å²) in [6.45, 7) is 33.9. The highest BCUT2D eigenvalue weighted by atomic mass is 16.6. The van der Waals surface area contributed by atoms with Gasteiger partial charge in [-0.05, 0) is 47.2 Å². The highest BCUT2D eigenvalue weighted by molar-refractivity contribution is 5.63. The Labute approximate surface area is 258 Å². The van der Waals surface area contributed by atoms with E-state index in [4.69, 9.17) is 9.47 Å². The van der Waals surface area contributed by atoms with Gasteiger partial charge in [0.15, 0.2) is 0 Å². The molecule has 1 unspecified atom stereocenters. The third-order valence-corrected chi connectivity index (χ3v) is 4.64. The molecule has 2 heteroatoms. The Balaban J connectivity index is -0.000000151. The first-order chi connectivity index (χ1) is 20.3. The Morgan fingerprint density at radius 2 is 0.829 bits per heavy atom. The molecule has 0 aromatic heterocycles. The van der Waals surface area contributed by atoms with Crippen LogP contribution in [0.1, 0.15) is 122 Å². The molecule has 41 heavy (non-hydrogen) atoms. The van der Waals surface area contributed by atoms with E-state index in [0.29, 0.717) is 12.7 Å². The van der Waals surface area contributed by atoms with E-state index < -0.39 is 0 Å². The van der Waals surface area contributed by atoms with Gasteiger partial charge in [0.05, 0.1) is 6.61 Å². The number of benzene rings is 3. The third-order valence-electron chi connectivity index (χ3n) is 4.64. The van der Waals surface area contributed by atoms with Crippen molar-refractivity contribution in [1.82, 2.24) is 0 Å². The number of ether oxygens (including phenoxy) is 2. The molecule has 3 aromatic carbocycles. The smallest absolute Gasteiger partial charge is 0.119 e. The fourth-order valence-corrected chi connectivity index (χ4v) is 2.74. The van der Waals surface area contributed by atoms with Crippen LogP contribution in [-0.4, -0.2) is 19.3 Å². The van der Waals surface area contributed by atoms with Gasteiger partial charge in [0.25, 0.3) is 0 Å². The Morgan fingerprint density at radius 1 is 0.512 bits per heavy atom. The molecule has 0 spiro atoms. The number of epoxide rings is 1. The van der Waals surface area contributed by atoms with Crippen molar-refractivity contribution >= 4 is 0 Å². The number of hydrogen-bond donors (Lipinski definition) is 0. The largest absolute Gasteiger partial charge is 0.491 e. The molecule has 2 nitrogen and oxygen atoms in total. The highest BCUT2D eigenvalue weighted by Crippen LogP contribution is 2.20. The van der Waals surface area contributed by atoms with Crippen molar-refractivity contribution in [2.75, 3.05) is 13.2 Å². The summed E-state index contributed by atoms with van der Waals surface area (Å²) in [5, 5.41) is 0. The molecule has 0 radical (unpaired) electrons. The predicted octanol–water partition coefficient (Wildman–Crippen LogP) is 13.1. The van der Waals surface area contributed by atoms with Gasteiger partial charge >= 0.3 is 0 Å². The summed E-state index contributed by atoms with van der Waals surface area (Å²) in [5.74, 6) is 0.919. The molecule has 0 aliphatic carbocycles. The van der Waals surface area contributed by atoms with E-state index in [9.17, 15) is 0 Å². The van der Waals surface area contributed by atoms with Crippen molar-refractivity contribution in [3.05, 3.63) is 90.0 Å². The zero-order chi connectivity index (χ0) is 32.9. The maximum absolute atomic E-state index is 5.40. The maximum Gasteiger partial charge on any atom is 0.119 e. The third kappa shape index (κ3) is 27.4. The Bertz CT molecular complexity index is 744. The molecule has 0 bridgehead atoms. The molecule has 1 saturated heterocycles. The molecule has 0 amide bonds. The highest BCUT2D eigenvalue weighted by Gasteiger charge is 2.22. The predicted molar refractivity (Wildman–Crippen MR) is 192 cm³/mol. The fourth-order valence-electron chi connectivity index (χ4n) is 2.74. The van der Waals surface area contributed by atoms with Crippen LogP contribution < -0.4 is 4.74 Å². The van der Waals surface area contributed by atoms with Crippen molar-refractivity contribution in [3.8, 4) is 16.9 Å². The monoisotopic (exact) mass is 571 g/mol. The van der Waals surface area contributed by atoms with Gasteiger partial charge in [0.2, 0.25) is 0 Å². The molecule has 4 rings (SSSR count). The van der Waals surface area contributed by atoms with Crippen LogP contribution in [0.3, 0.4) is 0 Å². The van der Waals surface area contributed by atoms with Crippen molar-refractivity contribution in [2.45, 2.75) is 130 Å². The number of rotatable bonds is 6. The van der Waals surface area contributed by atoms with E-state index in [1.165, 1.54) is 22.3 Å². The van der Waals surface area contributed by atoms with Gasteiger partial charge in [-0.3, -0.25) is 0 Å². The average molecular weight is 571 g/mol. The molecule has 3 aromatic rings. The lowest BCUT2D eigenvalue weighted by Gasteiger charge is -2.04. The molecule has 1 fully saturated rings. The molecule has 1 heterocycles. The summed E-state index contributed by atoms with van der Waals surface area (Å²) in [4.78, 5) is 0. The van der Waals surface area contributed by atoms with E-state index in [1.54, 1.807) is 0 Å². The normalized spacial score (nSPS) is 10.8. The average Bonchev–Trinajstić information content (AvgIpc) is 3.96. The second-order valence-electron chi connectivity index (χ2n) is 6.68. The number of para-hydroxylation sites is 1. The van der Waals surface area contributed by atoms with Gasteiger partial charge in [-0.2, -0.15) is 0 Å². The van der Waals surface area contributed by atoms with Crippen molar-refractivity contribution in [1.29, 1.82) is 0 Å². The zero-order valence-electron chi connectivity index (χ0n) is 30.2. The van der Waals surface area contributed by atoms with Crippen LogP contribution in [0.15, 0.2) is 78.9 Å². The summed E-state index contributed by atoms with van der Waals surface area (Å²) in [6.07, 6.45) is 2.56. The standard InChI is InChI=1S/C16H18.C9H10O2.7C2H6/c1-3-13-5-9-15(10-6-13)16-11-7-14(4-2)8-12-16;1-2-4-8(5-3-1)10-6-9-7-11-9;7*1-2/h5-12H,3-4H2,1-2H3;1-5,9H,6-7H2;7*1-2H3. The molecule has 1 aliphatic heterocycles. The first kappa shape index (κ1) is 48.2. The van der Waals surface area contributed by atoms with Gasteiger partial charge in [-0.1, -0.05) is 178 Å².